The second-order valence-electron chi connectivity index (χ2n) is 7.59. The van der Waals surface area contributed by atoms with Crippen LogP contribution in [-0.4, -0.2) is 48.2 Å². The van der Waals surface area contributed by atoms with Crippen LogP contribution in [0.1, 0.15) is 50.6 Å². The van der Waals surface area contributed by atoms with E-state index in [1.807, 2.05) is 13.8 Å². The summed E-state index contributed by atoms with van der Waals surface area (Å²) in [5.74, 6) is 2.46. The van der Waals surface area contributed by atoms with Crippen LogP contribution in [0.2, 0.25) is 0 Å². The summed E-state index contributed by atoms with van der Waals surface area (Å²) in [7, 11) is 1.80. The maximum atomic E-state index is 5.21. The predicted octanol–water partition coefficient (Wildman–Crippen LogP) is 3.08. The van der Waals surface area contributed by atoms with Crippen LogP contribution in [0.3, 0.4) is 0 Å². The SMILES string of the molecule is CN=C(NCc1c(C)noc1C)NCC(C)(C)N1CCCC(C)C1.I. The van der Waals surface area contributed by atoms with Gasteiger partial charge in [0, 0.05) is 37.8 Å². The number of aromatic nitrogens is 1. The quantitative estimate of drug-likeness (QED) is 0.399. The third-order valence-electron chi connectivity index (χ3n) is 5.04. The molecule has 1 aliphatic rings. The zero-order chi connectivity index (χ0) is 17.7. The van der Waals surface area contributed by atoms with E-state index in [-0.39, 0.29) is 29.5 Å². The van der Waals surface area contributed by atoms with Crippen LogP contribution >= 0.6 is 24.0 Å². The number of aryl methyl sites for hydroxylation is 2. The van der Waals surface area contributed by atoms with E-state index >= 15 is 0 Å². The molecule has 0 aromatic carbocycles. The standard InChI is InChI=1S/C18H33N5O.HI/c1-13-8-7-9-23(11-13)18(4,5)12-21-17(19-6)20-10-16-14(2)22-24-15(16)3;/h13H,7-12H2,1-6H3,(H2,19,20,21);1H. The van der Waals surface area contributed by atoms with Crippen LogP contribution in [0, 0.1) is 19.8 Å². The van der Waals surface area contributed by atoms with Crippen LogP contribution in [0.15, 0.2) is 9.52 Å². The van der Waals surface area contributed by atoms with Gasteiger partial charge in [-0.05, 0) is 53.0 Å². The Bertz CT molecular complexity index is 550. The second-order valence-corrected chi connectivity index (χ2v) is 7.59. The molecule has 1 unspecified atom stereocenters. The summed E-state index contributed by atoms with van der Waals surface area (Å²) < 4.78 is 5.21. The molecule has 2 heterocycles. The van der Waals surface area contributed by atoms with Crippen molar-refractivity contribution in [2.75, 3.05) is 26.7 Å². The van der Waals surface area contributed by atoms with Crippen LogP contribution in [0.25, 0.3) is 0 Å². The van der Waals surface area contributed by atoms with E-state index in [2.05, 4.69) is 46.5 Å². The third-order valence-corrected chi connectivity index (χ3v) is 5.04. The Morgan fingerprint density at radius 3 is 2.64 bits per heavy atom. The third kappa shape index (κ3) is 6.13. The van der Waals surface area contributed by atoms with Crippen molar-refractivity contribution in [2.24, 2.45) is 10.9 Å². The topological polar surface area (TPSA) is 65.7 Å². The highest BCUT2D eigenvalue weighted by molar-refractivity contribution is 14.0. The lowest BCUT2D eigenvalue weighted by Gasteiger charge is -2.43. The summed E-state index contributed by atoms with van der Waals surface area (Å²) in [5, 5.41) is 10.8. The highest BCUT2D eigenvalue weighted by atomic mass is 127. The summed E-state index contributed by atoms with van der Waals surface area (Å²) in [6, 6.07) is 0. The second kappa shape index (κ2) is 9.75. The zero-order valence-electron chi connectivity index (χ0n) is 16.5. The van der Waals surface area contributed by atoms with Gasteiger partial charge in [-0.2, -0.15) is 0 Å². The Labute approximate surface area is 169 Å². The number of hydrogen-bond acceptors (Lipinski definition) is 4. The van der Waals surface area contributed by atoms with Gasteiger partial charge in [-0.25, -0.2) is 0 Å². The molecular formula is C18H34IN5O. The molecule has 1 aliphatic heterocycles. The van der Waals surface area contributed by atoms with Gasteiger partial charge in [0.05, 0.1) is 5.69 Å². The average Bonchev–Trinajstić information content (AvgIpc) is 2.86. The minimum Gasteiger partial charge on any atom is -0.361 e. The van der Waals surface area contributed by atoms with Gasteiger partial charge in [-0.3, -0.25) is 9.89 Å². The summed E-state index contributed by atoms with van der Waals surface area (Å²) in [4.78, 5) is 6.93. The van der Waals surface area contributed by atoms with Crippen molar-refractivity contribution in [3.8, 4) is 0 Å². The Balaban J connectivity index is 0.00000312. The first-order chi connectivity index (χ1) is 11.3. The summed E-state index contributed by atoms with van der Waals surface area (Å²) in [6.07, 6.45) is 2.64. The lowest BCUT2D eigenvalue weighted by Crippen LogP contribution is -2.55. The van der Waals surface area contributed by atoms with Gasteiger partial charge >= 0.3 is 0 Å². The average molecular weight is 463 g/mol. The molecular weight excluding hydrogens is 429 g/mol. The number of piperidine rings is 1. The number of guanidine groups is 1. The predicted molar refractivity (Wildman–Crippen MR) is 114 cm³/mol. The zero-order valence-corrected chi connectivity index (χ0v) is 18.8. The largest absolute Gasteiger partial charge is 0.361 e. The van der Waals surface area contributed by atoms with E-state index < -0.39 is 0 Å². The van der Waals surface area contributed by atoms with Gasteiger partial charge in [-0.15, -0.1) is 24.0 Å². The van der Waals surface area contributed by atoms with E-state index in [4.69, 9.17) is 4.52 Å². The molecule has 1 saturated heterocycles. The summed E-state index contributed by atoms with van der Waals surface area (Å²) in [6.45, 7) is 14.8. The molecule has 2 rings (SSSR count). The van der Waals surface area contributed by atoms with Crippen molar-refractivity contribution in [1.82, 2.24) is 20.7 Å². The van der Waals surface area contributed by atoms with Crippen molar-refractivity contribution in [2.45, 2.75) is 59.5 Å². The van der Waals surface area contributed by atoms with E-state index in [0.717, 1.165) is 35.4 Å². The Kier molecular flexibility index (Phi) is 8.67. The van der Waals surface area contributed by atoms with Crippen molar-refractivity contribution in [3.63, 3.8) is 0 Å². The fourth-order valence-electron chi connectivity index (χ4n) is 3.30. The maximum Gasteiger partial charge on any atom is 0.191 e. The summed E-state index contributed by atoms with van der Waals surface area (Å²) >= 11 is 0. The van der Waals surface area contributed by atoms with Crippen LogP contribution in [-0.2, 0) is 6.54 Å². The number of aliphatic imine (C=N–C) groups is 1. The Hall–Kier alpha value is -0.830. The number of likely N-dealkylation sites (tertiary alicyclic amines) is 1. The van der Waals surface area contributed by atoms with Crippen molar-refractivity contribution < 1.29 is 4.52 Å². The molecule has 2 N–H and O–H groups in total. The first-order valence-electron chi connectivity index (χ1n) is 8.95. The lowest BCUT2D eigenvalue weighted by molar-refractivity contribution is 0.0739. The van der Waals surface area contributed by atoms with Gasteiger partial charge < -0.3 is 15.2 Å². The molecule has 0 spiro atoms. The number of hydrogen-bond donors (Lipinski definition) is 2. The summed E-state index contributed by atoms with van der Waals surface area (Å²) in [5.41, 5.74) is 2.13. The fourth-order valence-corrected chi connectivity index (χ4v) is 3.30. The number of rotatable bonds is 5. The molecule has 25 heavy (non-hydrogen) atoms. The number of nitrogens with zero attached hydrogens (tertiary/aromatic N) is 3. The minimum atomic E-state index is 0. The molecule has 1 aromatic rings. The highest BCUT2D eigenvalue weighted by Gasteiger charge is 2.30. The molecule has 0 radical (unpaired) electrons. The molecule has 7 heteroatoms. The van der Waals surface area contributed by atoms with Crippen LogP contribution in [0.5, 0.6) is 0 Å². The van der Waals surface area contributed by atoms with Gasteiger partial charge in [0.1, 0.15) is 5.76 Å². The van der Waals surface area contributed by atoms with E-state index in [9.17, 15) is 0 Å². The number of nitrogens with one attached hydrogen (secondary N) is 2. The molecule has 0 bridgehead atoms. The highest BCUT2D eigenvalue weighted by Crippen LogP contribution is 2.23. The minimum absolute atomic E-state index is 0. The maximum absolute atomic E-state index is 5.21. The Morgan fingerprint density at radius 1 is 1.36 bits per heavy atom. The van der Waals surface area contributed by atoms with E-state index in [0.29, 0.717) is 6.54 Å². The van der Waals surface area contributed by atoms with Crippen LogP contribution < -0.4 is 10.6 Å². The monoisotopic (exact) mass is 463 g/mol. The van der Waals surface area contributed by atoms with Gasteiger partial charge in [0.2, 0.25) is 0 Å². The van der Waals surface area contributed by atoms with Gasteiger partial charge in [0.15, 0.2) is 5.96 Å². The molecule has 0 saturated carbocycles. The number of halogens is 1. The molecule has 1 aromatic heterocycles. The molecule has 1 atom stereocenters. The normalized spacial score (nSPS) is 19.4. The van der Waals surface area contributed by atoms with E-state index in [1.54, 1.807) is 7.05 Å². The van der Waals surface area contributed by atoms with E-state index in [1.165, 1.54) is 25.9 Å². The first kappa shape index (κ1) is 22.2. The smallest absolute Gasteiger partial charge is 0.191 e. The first-order valence-corrected chi connectivity index (χ1v) is 8.95. The van der Waals surface area contributed by atoms with Crippen molar-refractivity contribution in [1.29, 1.82) is 0 Å². The fraction of sp³-hybridized carbons (Fsp3) is 0.778. The van der Waals surface area contributed by atoms with Gasteiger partial charge in [-0.1, -0.05) is 12.1 Å². The molecule has 0 aliphatic carbocycles. The molecule has 0 amide bonds. The van der Waals surface area contributed by atoms with Crippen molar-refractivity contribution in [3.05, 3.63) is 17.0 Å². The van der Waals surface area contributed by atoms with Crippen molar-refractivity contribution >= 4 is 29.9 Å². The molecule has 6 nitrogen and oxygen atoms in total. The molecule has 1 fully saturated rings. The van der Waals surface area contributed by atoms with Gasteiger partial charge in [0.25, 0.3) is 0 Å². The lowest BCUT2D eigenvalue weighted by atomic mass is 9.93. The van der Waals surface area contributed by atoms with Crippen LogP contribution in [0.4, 0.5) is 0 Å². The Morgan fingerprint density at radius 2 is 2.08 bits per heavy atom. The molecule has 144 valence electrons.